The zero-order valence-corrected chi connectivity index (χ0v) is 22.0. The zero-order chi connectivity index (χ0) is 26.0. The lowest BCUT2D eigenvalue weighted by Gasteiger charge is -2.44. The van der Waals surface area contributed by atoms with E-state index in [4.69, 9.17) is 0 Å². The summed E-state index contributed by atoms with van der Waals surface area (Å²) in [7, 11) is -3.92. The normalized spacial score (nSPS) is 26.2. The van der Waals surface area contributed by atoms with E-state index in [9.17, 15) is 22.3 Å². The Labute approximate surface area is 211 Å². The van der Waals surface area contributed by atoms with Crippen LogP contribution in [0.4, 0.5) is 14.5 Å². The molecule has 0 spiro atoms. The summed E-state index contributed by atoms with van der Waals surface area (Å²) in [5.74, 6) is 0.444. The largest absolute Gasteiger partial charge is 0.395 e. The van der Waals surface area contributed by atoms with Gasteiger partial charge in [-0.3, -0.25) is 4.40 Å². The maximum atomic E-state index is 13.5. The lowest BCUT2D eigenvalue weighted by Crippen LogP contribution is -2.63. The van der Waals surface area contributed by atoms with E-state index in [-0.39, 0.29) is 39.8 Å². The minimum atomic E-state index is -3.92. The summed E-state index contributed by atoms with van der Waals surface area (Å²) in [6, 6.07) is 1.39. The van der Waals surface area contributed by atoms with Gasteiger partial charge in [0.05, 0.1) is 24.0 Å². The van der Waals surface area contributed by atoms with Crippen LogP contribution < -0.4 is 14.9 Å². The molecule has 3 atom stereocenters. The number of aromatic nitrogens is 4. The van der Waals surface area contributed by atoms with Crippen molar-refractivity contribution in [2.24, 2.45) is 5.92 Å². The number of pyridine rings is 1. The summed E-state index contributed by atoms with van der Waals surface area (Å²) in [5.41, 5.74) is 0.326. The Balaban J connectivity index is 1.66. The van der Waals surface area contributed by atoms with Crippen LogP contribution in [0.25, 0.3) is 16.3 Å². The highest BCUT2D eigenvalue weighted by molar-refractivity contribution is 7.89. The van der Waals surface area contributed by atoms with Crippen molar-refractivity contribution in [2.45, 2.75) is 62.6 Å². The summed E-state index contributed by atoms with van der Waals surface area (Å²) in [6.07, 6.45) is 0.993. The van der Waals surface area contributed by atoms with E-state index in [1.165, 1.54) is 6.20 Å². The smallest absolute Gasteiger partial charge is 0.291 e. The summed E-state index contributed by atoms with van der Waals surface area (Å²) in [5, 5.41) is 20.4. The Morgan fingerprint density at radius 1 is 1.33 bits per heavy atom. The molecule has 14 heteroatoms. The molecule has 1 aliphatic heterocycles. The number of piperazine rings is 1. The van der Waals surface area contributed by atoms with Crippen molar-refractivity contribution in [1.82, 2.24) is 29.6 Å². The monoisotopic (exact) mass is 541 g/mol. The Morgan fingerprint density at radius 3 is 2.67 bits per heavy atom. The van der Waals surface area contributed by atoms with Gasteiger partial charge < -0.3 is 15.3 Å². The van der Waals surface area contributed by atoms with Crippen molar-refractivity contribution in [3.63, 3.8) is 0 Å². The first-order valence-corrected chi connectivity index (χ1v) is 13.9. The van der Waals surface area contributed by atoms with E-state index in [0.717, 1.165) is 6.42 Å². The number of imidazole rings is 1. The van der Waals surface area contributed by atoms with Crippen LogP contribution in [0.1, 0.15) is 45.5 Å². The Hall–Kier alpha value is -2.26. The lowest BCUT2D eigenvalue weighted by molar-refractivity contribution is 0.150. The number of anilines is 1. The van der Waals surface area contributed by atoms with E-state index in [2.05, 4.69) is 25.2 Å². The maximum Gasteiger partial charge on any atom is 0.291 e. The molecule has 1 aliphatic carbocycles. The molecule has 1 saturated heterocycles. The average molecular weight is 542 g/mol. The van der Waals surface area contributed by atoms with Crippen molar-refractivity contribution in [3.8, 4) is 10.8 Å². The van der Waals surface area contributed by atoms with Crippen molar-refractivity contribution in [1.29, 1.82) is 0 Å². The molecule has 2 fully saturated rings. The molecule has 196 valence electrons. The molecule has 0 bridgehead atoms. The zero-order valence-electron chi connectivity index (χ0n) is 20.4. The summed E-state index contributed by atoms with van der Waals surface area (Å²) < 4.78 is 57.7. The fourth-order valence-corrected chi connectivity index (χ4v) is 7.07. The van der Waals surface area contributed by atoms with Gasteiger partial charge in [-0.05, 0) is 39.2 Å². The Kier molecular flexibility index (Phi) is 6.10. The molecule has 1 saturated carbocycles. The van der Waals surface area contributed by atoms with E-state index >= 15 is 0 Å². The molecule has 3 unspecified atom stereocenters. The molecule has 2 aliphatic rings. The van der Waals surface area contributed by atoms with E-state index in [1.54, 1.807) is 16.7 Å². The van der Waals surface area contributed by atoms with Gasteiger partial charge in [0.2, 0.25) is 10.0 Å². The number of nitrogens with one attached hydrogen (secondary N) is 2. The first-order chi connectivity index (χ1) is 16.8. The van der Waals surface area contributed by atoms with Crippen molar-refractivity contribution >= 4 is 32.6 Å². The van der Waals surface area contributed by atoms with Crippen molar-refractivity contribution < 1.29 is 22.3 Å². The third-order valence-electron chi connectivity index (χ3n) is 6.93. The average Bonchev–Trinajstić information content (AvgIpc) is 3.20. The number of aliphatic hydroxyl groups is 1. The fourth-order valence-electron chi connectivity index (χ4n) is 4.85. The number of sulfonamides is 1. The van der Waals surface area contributed by atoms with E-state index in [1.807, 2.05) is 32.6 Å². The second-order valence-corrected chi connectivity index (χ2v) is 13.3. The first kappa shape index (κ1) is 25.4. The Morgan fingerprint density at radius 2 is 2.06 bits per heavy atom. The van der Waals surface area contributed by atoms with Crippen LogP contribution in [0, 0.1) is 5.92 Å². The fraction of sp³-hybridized carbons (Fsp3) is 0.591. The third kappa shape index (κ3) is 4.60. The number of aliphatic hydroxyl groups excluding tert-OH is 1. The van der Waals surface area contributed by atoms with Crippen molar-refractivity contribution in [2.75, 3.05) is 24.6 Å². The van der Waals surface area contributed by atoms with Crippen LogP contribution in [-0.2, 0) is 10.0 Å². The van der Waals surface area contributed by atoms with Crippen LogP contribution in [0.2, 0.25) is 0 Å². The van der Waals surface area contributed by atoms with Crippen LogP contribution in [0.3, 0.4) is 0 Å². The number of alkyl halides is 2. The summed E-state index contributed by atoms with van der Waals surface area (Å²) in [4.78, 5) is 6.46. The number of nitrogens with zero attached hydrogens (tertiary/aromatic N) is 5. The van der Waals surface area contributed by atoms with Gasteiger partial charge in [-0.1, -0.05) is 18.3 Å². The molecule has 3 aromatic rings. The van der Waals surface area contributed by atoms with Gasteiger partial charge in [0.1, 0.15) is 4.90 Å². The molecular formula is C22H29F2N7O3S2. The van der Waals surface area contributed by atoms with Gasteiger partial charge in [-0.2, -0.15) is 0 Å². The molecule has 0 aromatic carbocycles. The molecule has 5 rings (SSSR count). The van der Waals surface area contributed by atoms with Crippen molar-refractivity contribution in [3.05, 3.63) is 23.5 Å². The molecule has 0 radical (unpaired) electrons. The predicted molar refractivity (Wildman–Crippen MR) is 132 cm³/mol. The highest BCUT2D eigenvalue weighted by Gasteiger charge is 2.49. The number of hydrogen-bond donors (Lipinski definition) is 3. The molecule has 3 aromatic heterocycles. The van der Waals surface area contributed by atoms with Gasteiger partial charge in [0.25, 0.3) is 6.43 Å². The van der Waals surface area contributed by atoms with Crippen LogP contribution >= 0.6 is 11.3 Å². The van der Waals surface area contributed by atoms with Gasteiger partial charge >= 0.3 is 0 Å². The number of rotatable bonds is 7. The highest BCUT2D eigenvalue weighted by atomic mass is 32.2. The second-order valence-electron chi connectivity index (χ2n) is 10.6. The summed E-state index contributed by atoms with van der Waals surface area (Å²) >= 11 is 0.715. The number of fused-ring (bicyclic) bond motifs is 1. The molecule has 3 N–H and O–H groups in total. The third-order valence-corrected chi connectivity index (χ3v) is 9.44. The lowest BCUT2D eigenvalue weighted by atomic mass is 9.98. The maximum absolute atomic E-state index is 13.5. The molecule has 0 amide bonds. The topological polar surface area (TPSA) is 125 Å². The minimum Gasteiger partial charge on any atom is -0.395 e. The SMILES string of the molecule is CC1CC1(C)NS(=O)(=O)c1cc(N2CC(CO)NC(C)(C)C2)c2cnc(-c3nnc(C(F)F)s3)n2c1. The predicted octanol–water partition coefficient (Wildman–Crippen LogP) is 2.42. The van der Waals surface area contributed by atoms with Gasteiger partial charge in [-0.15, -0.1) is 10.2 Å². The summed E-state index contributed by atoms with van der Waals surface area (Å²) in [6.45, 7) is 8.76. The second kappa shape index (κ2) is 8.65. The first-order valence-electron chi connectivity index (χ1n) is 11.6. The molecule has 36 heavy (non-hydrogen) atoms. The van der Waals surface area contributed by atoms with Crippen LogP contribution in [-0.4, -0.2) is 69.9 Å². The standard InChI is InChI=1S/C22H29F2N7O3S2/c1-12-6-22(12,4)29-36(33,34)14-5-15(30-8-13(10-32)26-21(2,3)11-30)16-7-25-18(31(16)9-14)20-28-27-19(35-20)17(23)24/h5,7,9,12-13,17,26,29,32H,6,8,10-11H2,1-4H3. The van der Waals surface area contributed by atoms with E-state index < -0.39 is 27.0 Å². The number of hydrogen-bond acceptors (Lipinski definition) is 9. The Bertz CT molecular complexity index is 1410. The van der Waals surface area contributed by atoms with Crippen LogP contribution in [0.5, 0.6) is 0 Å². The minimum absolute atomic E-state index is 0.0278. The molecule has 10 nitrogen and oxygen atoms in total. The van der Waals surface area contributed by atoms with Gasteiger partial charge in [0, 0.05) is 36.4 Å². The quantitative estimate of drug-likeness (QED) is 0.417. The van der Waals surface area contributed by atoms with E-state index in [0.29, 0.717) is 35.6 Å². The van der Waals surface area contributed by atoms with Gasteiger partial charge in [0.15, 0.2) is 15.8 Å². The molecular weight excluding hydrogens is 512 g/mol. The van der Waals surface area contributed by atoms with Crippen LogP contribution in [0.15, 0.2) is 23.4 Å². The van der Waals surface area contributed by atoms with Gasteiger partial charge in [-0.25, -0.2) is 26.9 Å². The number of halogens is 2. The molecule has 4 heterocycles. The highest BCUT2D eigenvalue weighted by Crippen LogP contribution is 2.43.